The highest BCUT2D eigenvalue weighted by Crippen LogP contribution is 2.48. The third-order valence-electron chi connectivity index (χ3n) is 25.0. The molecule has 9 aromatic heterocycles. The Labute approximate surface area is 822 Å². The van der Waals surface area contributed by atoms with Crippen LogP contribution in [0, 0.1) is 122 Å². The van der Waals surface area contributed by atoms with E-state index in [1.165, 1.54) is 50.1 Å². The van der Waals surface area contributed by atoms with Crippen LogP contribution >= 0.6 is 46.4 Å². The molecule has 141 heavy (non-hydrogen) atoms. The number of carbonyl (C=O) groups is 3. The number of fused-ring (bicyclic) bond motifs is 3. The number of nitrogen functional groups attached to an aromatic ring is 3. The van der Waals surface area contributed by atoms with Crippen molar-refractivity contribution in [1.82, 2.24) is 58.3 Å². The van der Waals surface area contributed by atoms with Gasteiger partial charge in [0, 0.05) is 110 Å². The van der Waals surface area contributed by atoms with Crippen LogP contribution in [-0.4, -0.2) is 152 Å². The molecule has 6 atom stereocenters. The quantitative estimate of drug-likeness (QED) is 0.0215. The minimum Gasteiger partial charge on any atom is -0.397 e. The van der Waals surface area contributed by atoms with Gasteiger partial charge in [-0.25, -0.2) is 63.2 Å². The number of carbonyl (C=O) groups excluding carboxylic acids is 3. The second kappa shape index (κ2) is 40.5. The first kappa shape index (κ1) is 104. The van der Waals surface area contributed by atoms with Crippen molar-refractivity contribution >= 4 is 131 Å². The van der Waals surface area contributed by atoms with Gasteiger partial charge in [-0.15, -0.1) is 19.3 Å². The molecule has 12 heterocycles. The van der Waals surface area contributed by atoms with Gasteiger partial charge in [0.2, 0.25) is 17.7 Å². The number of benzene rings is 3. The molecule has 0 aliphatic carbocycles. The number of piperazine rings is 3. The minimum absolute atomic E-state index is 0.00876. The van der Waals surface area contributed by atoms with Crippen LogP contribution in [0.15, 0.2) is 107 Å². The van der Waals surface area contributed by atoms with Crippen LogP contribution < -0.4 is 48.6 Å². The molecule has 3 saturated heterocycles. The van der Waals surface area contributed by atoms with Gasteiger partial charge in [-0.1, -0.05) is 125 Å². The van der Waals surface area contributed by atoms with Gasteiger partial charge >= 0.3 is 0 Å². The van der Waals surface area contributed by atoms with Crippen LogP contribution in [0.3, 0.4) is 0 Å². The van der Waals surface area contributed by atoms with E-state index >= 15 is 22.0 Å². The second-order valence-electron chi connectivity index (χ2n) is 35.4. The number of rotatable bonds is 15. The molecule has 0 bridgehead atoms. The van der Waals surface area contributed by atoms with Gasteiger partial charge in [0.15, 0.2) is 64.0 Å². The number of terminal acetylenes is 3. The molecule has 3 aliphatic rings. The van der Waals surface area contributed by atoms with Crippen molar-refractivity contribution in [3.63, 3.8) is 0 Å². The summed E-state index contributed by atoms with van der Waals surface area (Å²) in [5.74, 6) is -13.8. The fourth-order valence-corrected chi connectivity index (χ4v) is 19.8. The van der Waals surface area contributed by atoms with E-state index in [0.29, 0.717) is 61.9 Å². The van der Waals surface area contributed by atoms with Crippen LogP contribution in [0.1, 0.15) is 151 Å². The zero-order valence-corrected chi connectivity index (χ0v) is 81.8. The Balaban J connectivity index is 0.000000178. The fraction of sp³-hybridized carbons (Fsp3) is 0.294. The van der Waals surface area contributed by atoms with E-state index in [0.717, 1.165) is 0 Å². The Morgan fingerprint density at radius 1 is 0.383 bits per heavy atom. The topological polar surface area (TPSA) is 292 Å². The summed E-state index contributed by atoms with van der Waals surface area (Å²) in [5.41, 5.74) is 12.1. The fourth-order valence-electron chi connectivity index (χ4n) is 18.9. The lowest BCUT2D eigenvalue weighted by molar-refractivity contribution is -0.131. The molecule has 732 valence electrons. The maximum atomic E-state index is 15.4. The molecule has 12 aromatic rings. The highest BCUT2D eigenvalue weighted by atomic mass is 35.5. The number of nitrogens with zero attached hydrogens (tertiary/aromatic N) is 15. The van der Waals surface area contributed by atoms with Crippen molar-refractivity contribution < 1.29 is 62.7 Å². The van der Waals surface area contributed by atoms with Crippen molar-refractivity contribution in [2.45, 2.75) is 158 Å². The number of pyridine rings is 9. The van der Waals surface area contributed by atoms with E-state index in [9.17, 15) is 55.1 Å². The van der Waals surface area contributed by atoms with Gasteiger partial charge < -0.3 is 46.6 Å². The molecular formula is C102H93Cl4F11N18O6. The maximum Gasteiger partial charge on any atom is 0.274 e. The summed E-state index contributed by atoms with van der Waals surface area (Å²) in [6, 6.07) is 7.09. The Kier molecular flexibility index (Phi) is 29.9. The summed E-state index contributed by atoms with van der Waals surface area (Å²) in [6.07, 6.45) is 26.5. The van der Waals surface area contributed by atoms with E-state index in [4.69, 9.17) is 82.9 Å². The summed E-state index contributed by atoms with van der Waals surface area (Å²) in [7, 11) is 0. The molecule has 0 saturated carbocycles. The number of hydrogen-bond acceptors (Lipinski definition) is 18. The van der Waals surface area contributed by atoms with Crippen molar-refractivity contribution in [3.8, 4) is 87.9 Å². The number of anilines is 6. The van der Waals surface area contributed by atoms with Gasteiger partial charge in [-0.3, -0.25) is 57.4 Å². The summed E-state index contributed by atoms with van der Waals surface area (Å²) in [6.45, 7) is 39.9. The minimum atomic E-state index is -2.02. The molecule has 0 spiro atoms. The number of nitrogens with two attached hydrogens (primary N) is 3. The normalized spacial score (nSPS) is 16.6. The van der Waals surface area contributed by atoms with Crippen LogP contribution in [0.25, 0.3) is 83.9 Å². The summed E-state index contributed by atoms with van der Waals surface area (Å²) >= 11 is 26.0. The highest BCUT2D eigenvalue weighted by Gasteiger charge is 2.42. The monoisotopic (exact) mass is 2010 g/mol. The Morgan fingerprint density at radius 2 is 0.624 bits per heavy atom. The third-order valence-corrected chi connectivity index (χ3v) is 26.3. The van der Waals surface area contributed by atoms with Crippen molar-refractivity contribution in [3.05, 3.63) is 259 Å². The summed E-state index contributed by atoms with van der Waals surface area (Å²) in [5, 5.41) is -1.01. The van der Waals surface area contributed by atoms with Gasteiger partial charge in [0.05, 0.1) is 106 Å². The molecule has 15 rings (SSSR count). The Morgan fingerprint density at radius 3 is 0.865 bits per heavy atom. The zero-order chi connectivity index (χ0) is 104. The summed E-state index contributed by atoms with van der Waals surface area (Å²) < 4.78 is 167. The van der Waals surface area contributed by atoms with Crippen molar-refractivity contribution in [2.24, 2.45) is 0 Å². The second-order valence-corrected chi connectivity index (χ2v) is 37.0. The number of aromatic nitrogens is 9. The third kappa shape index (κ3) is 17.9. The predicted octanol–water partition coefficient (Wildman–Crippen LogP) is 19.3. The number of amides is 3. The lowest BCUT2D eigenvalue weighted by Crippen LogP contribution is -2.58. The first-order valence-corrected chi connectivity index (χ1v) is 45.6. The average Bonchev–Trinajstić information content (AvgIpc) is 0.726. The van der Waals surface area contributed by atoms with Gasteiger partial charge in [0.1, 0.15) is 50.0 Å². The number of aryl methyl sites for hydroxylation is 3. The standard InChI is InChI=1S/C34H31Cl2F3N6O2.2C34H31ClF4N6O2/c1-8-19-32(43-13-17(6)44(18(7)14-43)22(46)9-2)20-12-21(35)30(23-25(37)27(39)26(38)24(36)28(23)40)42-33(20)45(34(19)47)31-16(5)10-11-41-29(31)15(3)4;2*1-8-19-32(43-13-17(6)44(18(7)14-43)22(46)9-2)20-12-21(35)30(23-24(36)26(38)27(39)28(40)25(23)37)42-33(20)45(34(19)47)31-16(5)10-11-41-29(31)15(3)4/h3*1,9-12,15,17-18H,2,13-14,40H2,3-7H3/t3*17-,18+. The zero-order valence-electron chi connectivity index (χ0n) is 78.8. The van der Waals surface area contributed by atoms with Gasteiger partial charge in [-0.05, 0) is 151 Å². The molecule has 3 aliphatic heterocycles. The SMILES string of the molecule is C#Cc1c(N2C[C@@H](C)N(C(=O)C=C)[C@@H](C)C2)c2cc(Cl)c(-c3c(F)c(N)c(F)c(F)c3F)nc2n(-c2c(C)ccnc2C(C)C)c1=O.C#Cc1c(N2C[C@@H](C)N(C(=O)C=C)[C@@H](C)C2)c2cc(Cl)c(-c3c(F)c(N)c(F)c(F)c3F)nc2n(-c2c(C)ccnc2C(C)C)c1=O.C#Cc1c(N2C[C@@H](C)N(C(=O)C=C)[C@@H](C)C2)c2cc(Cl)c(-c3c(N)c(Cl)c(F)c(F)c3F)nc2n(-c2c(C)ccnc2C(C)C)c1=O. The first-order chi connectivity index (χ1) is 66.5. The van der Waals surface area contributed by atoms with Crippen LogP contribution in [0.2, 0.25) is 20.1 Å². The molecule has 24 nitrogen and oxygen atoms in total. The first-order valence-electron chi connectivity index (χ1n) is 44.1. The molecule has 3 fully saturated rings. The van der Waals surface area contributed by atoms with Crippen LogP contribution in [0.4, 0.5) is 82.4 Å². The molecular weight excluding hydrogens is 1920 g/mol. The number of halogens is 15. The van der Waals surface area contributed by atoms with E-state index in [-0.39, 0.29) is 188 Å². The van der Waals surface area contributed by atoms with E-state index in [1.807, 2.05) is 97.8 Å². The number of hydrogen-bond donors (Lipinski definition) is 3. The maximum absolute atomic E-state index is 15.4. The lowest BCUT2D eigenvalue weighted by Gasteiger charge is -2.45. The molecule has 0 unspecified atom stereocenters. The Bertz CT molecular complexity index is 6860. The van der Waals surface area contributed by atoms with E-state index in [2.05, 4.69) is 67.4 Å². The van der Waals surface area contributed by atoms with Gasteiger partial charge in [-0.2, -0.15) is 0 Å². The Hall–Kier alpha value is -14.3. The van der Waals surface area contributed by atoms with E-state index < -0.39 is 131 Å². The molecule has 0 radical (unpaired) electrons. The van der Waals surface area contributed by atoms with E-state index in [1.54, 1.807) is 72.3 Å². The van der Waals surface area contributed by atoms with Crippen molar-refractivity contribution in [1.29, 1.82) is 0 Å². The predicted molar refractivity (Wildman–Crippen MR) is 529 cm³/mol. The summed E-state index contributed by atoms with van der Waals surface area (Å²) in [4.78, 5) is 119. The van der Waals surface area contributed by atoms with Gasteiger partial charge in [0.25, 0.3) is 16.7 Å². The van der Waals surface area contributed by atoms with Crippen LogP contribution in [-0.2, 0) is 14.4 Å². The van der Waals surface area contributed by atoms with Crippen molar-refractivity contribution in [2.75, 3.05) is 71.2 Å². The molecule has 6 N–H and O–H groups in total. The largest absolute Gasteiger partial charge is 0.397 e. The lowest BCUT2D eigenvalue weighted by atomic mass is 10.0. The van der Waals surface area contributed by atoms with Crippen LogP contribution in [0.5, 0.6) is 0 Å². The smallest absolute Gasteiger partial charge is 0.274 e. The molecule has 3 aromatic carbocycles. The molecule has 39 heteroatoms. The molecule has 3 amide bonds. The average molecular weight is 2020 g/mol. The highest BCUT2D eigenvalue weighted by molar-refractivity contribution is 6.36.